The van der Waals surface area contributed by atoms with Gasteiger partial charge in [-0.15, -0.1) is 11.3 Å². The number of aromatic nitrogens is 2. The Morgan fingerprint density at radius 3 is 2.80 bits per heavy atom. The number of thiophene rings is 1. The quantitative estimate of drug-likeness (QED) is 0.757. The highest BCUT2D eigenvalue weighted by Crippen LogP contribution is 2.35. The topological polar surface area (TPSA) is 35.0 Å². The first-order chi connectivity index (χ1) is 7.24. The molecule has 2 rings (SSSR count). The highest BCUT2D eigenvalue weighted by Gasteiger charge is 2.14. The molecule has 2 heterocycles. The number of ether oxygens (including phenoxy) is 1. The fraction of sp³-hybridized carbons (Fsp3) is 0.200. The Morgan fingerprint density at radius 1 is 1.40 bits per heavy atom. The van der Waals surface area contributed by atoms with Crippen LogP contribution < -0.4 is 4.74 Å². The van der Waals surface area contributed by atoms with Crippen LogP contribution in [0.25, 0.3) is 11.3 Å². The van der Waals surface area contributed by atoms with Crippen LogP contribution in [0.15, 0.2) is 17.8 Å². The first-order valence-corrected chi connectivity index (χ1v) is 5.58. The molecule has 5 heteroatoms. The maximum atomic E-state index is 5.93. The molecule has 0 radical (unpaired) electrons. The fourth-order valence-corrected chi connectivity index (χ4v) is 2.27. The molecule has 0 spiro atoms. The van der Waals surface area contributed by atoms with Crippen molar-refractivity contribution in [3.8, 4) is 17.0 Å². The summed E-state index contributed by atoms with van der Waals surface area (Å²) in [6, 6.07) is 2.00. The van der Waals surface area contributed by atoms with Gasteiger partial charge in [-0.1, -0.05) is 11.6 Å². The van der Waals surface area contributed by atoms with E-state index in [1.807, 2.05) is 18.4 Å². The predicted molar refractivity (Wildman–Crippen MR) is 61.6 cm³/mol. The third-order valence-corrected chi connectivity index (χ3v) is 3.19. The molecule has 0 bridgehead atoms. The van der Waals surface area contributed by atoms with E-state index in [-0.39, 0.29) is 0 Å². The highest BCUT2D eigenvalue weighted by molar-refractivity contribution is 7.10. The highest BCUT2D eigenvalue weighted by atomic mass is 35.5. The Labute approximate surface area is 96.7 Å². The summed E-state index contributed by atoms with van der Waals surface area (Å²) >= 11 is 7.59. The first-order valence-electron chi connectivity index (χ1n) is 4.33. The molecular formula is C10H9ClN2OS. The van der Waals surface area contributed by atoms with Crippen LogP contribution in [0.4, 0.5) is 0 Å². The molecule has 0 atom stereocenters. The monoisotopic (exact) mass is 240 g/mol. The van der Waals surface area contributed by atoms with Gasteiger partial charge in [0.25, 0.3) is 0 Å². The summed E-state index contributed by atoms with van der Waals surface area (Å²) in [5, 5.41) is 2.35. The number of hydrogen-bond donors (Lipinski definition) is 0. The van der Waals surface area contributed by atoms with Crippen molar-refractivity contribution in [1.29, 1.82) is 0 Å². The summed E-state index contributed by atoms with van der Waals surface area (Å²) in [6.07, 6.45) is 1.44. The zero-order valence-corrected chi connectivity index (χ0v) is 9.89. The summed E-state index contributed by atoms with van der Waals surface area (Å²) < 4.78 is 5.20. The van der Waals surface area contributed by atoms with Crippen LogP contribution in [0.1, 0.15) is 4.88 Å². The van der Waals surface area contributed by atoms with Gasteiger partial charge in [0.1, 0.15) is 12.0 Å². The Bertz CT molecular complexity index is 484. The summed E-state index contributed by atoms with van der Waals surface area (Å²) in [5.74, 6) is 0.528. The van der Waals surface area contributed by atoms with Crippen molar-refractivity contribution in [2.45, 2.75) is 6.92 Å². The smallest absolute Gasteiger partial charge is 0.182 e. The molecule has 0 aliphatic carbocycles. The Balaban J connectivity index is 2.63. The molecular weight excluding hydrogens is 232 g/mol. The van der Waals surface area contributed by atoms with E-state index < -0.39 is 0 Å². The lowest BCUT2D eigenvalue weighted by atomic mass is 10.2. The number of halogens is 1. The zero-order valence-electron chi connectivity index (χ0n) is 8.32. The maximum Gasteiger partial charge on any atom is 0.182 e. The van der Waals surface area contributed by atoms with Gasteiger partial charge in [-0.2, -0.15) is 0 Å². The molecule has 0 saturated heterocycles. The lowest BCUT2D eigenvalue weighted by molar-refractivity contribution is 0.413. The van der Waals surface area contributed by atoms with Gasteiger partial charge in [0.2, 0.25) is 0 Å². The Morgan fingerprint density at radius 2 is 2.20 bits per heavy atom. The van der Waals surface area contributed by atoms with Gasteiger partial charge in [-0.3, -0.25) is 0 Å². The first kappa shape index (κ1) is 10.4. The van der Waals surface area contributed by atoms with Gasteiger partial charge in [-0.25, -0.2) is 9.97 Å². The number of aryl methyl sites for hydroxylation is 1. The lowest BCUT2D eigenvalue weighted by Crippen LogP contribution is -1.94. The van der Waals surface area contributed by atoms with Crippen molar-refractivity contribution < 1.29 is 4.74 Å². The average molecular weight is 241 g/mol. The molecule has 0 N–H and O–H groups in total. The zero-order chi connectivity index (χ0) is 10.8. The van der Waals surface area contributed by atoms with E-state index in [1.54, 1.807) is 18.4 Å². The van der Waals surface area contributed by atoms with Crippen LogP contribution >= 0.6 is 22.9 Å². The number of methoxy groups -OCH3 is 1. The van der Waals surface area contributed by atoms with Gasteiger partial charge in [0.05, 0.1) is 7.11 Å². The van der Waals surface area contributed by atoms with Gasteiger partial charge in [0, 0.05) is 10.4 Å². The second kappa shape index (κ2) is 4.16. The van der Waals surface area contributed by atoms with E-state index in [4.69, 9.17) is 16.3 Å². The van der Waals surface area contributed by atoms with Crippen LogP contribution in [0.5, 0.6) is 5.75 Å². The SMILES string of the molecule is COc1c(Cl)ncnc1-c1ccsc1C. The number of rotatable bonds is 2. The summed E-state index contributed by atoms with van der Waals surface area (Å²) in [4.78, 5) is 9.27. The van der Waals surface area contributed by atoms with Gasteiger partial charge < -0.3 is 4.74 Å². The van der Waals surface area contributed by atoms with E-state index in [9.17, 15) is 0 Å². The molecule has 0 aromatic carbocycles. The standard InChI is InChI=1S/C10H9ClN2OS/c1-6-7(3-4-15-6)8-9(14-2)10(11)13-5-12-8/h3-5H,1-2H3. The van der Waals surface area contributed by atoms with Crippen molar-refractivity contribution in [3.05, 3.63) is 27.8 Å². The van der Waals surface area contributed by atoms with E-state index >= 15 is 0 Å². The predicted octanol–water partition coefficient (Wildman–Crippen LogP) is 3.18. The fourth-order valence-electron chi connectivity index (χ4n) is 1.36. The molecule has 3 nitrogen and oxygen atoms in total. The molecule has 0 aliphatic rings. The van der Waals surface area contributed by atoms with Crippen molar-refractivity contribution in [2.75, 3.05) is 7.11 Å². The summed E-state index contributed by atoms with van der Waals surface area (Å²) in [5.41, 5.74) is 1.79. The molecule has 15 heavy (non-hydrogen) atoms. The van der Waals surface area contributed by atoms with Crippen LogP contribution in [-0.2, 0) is 0 Å². The van der Waals surface area contributed by atoms with Crippen molar-refractivity contribution in [3.63, 3.8) is 0 Å². The molecule has 2 aromatic rings. The number of nitrogens with zero attached hydrogens (tertiary/aromatic N) is 2. The Hall–Kier alpha value is -1.13. The van der Waals surface area contributed by atoms with E-state index in [0.29, 0.717) is 10.9 Å². The average Bonchev–Trinajstić information content (AvgIpc) is 2.64. The van der Waals surface area contributed by atoms with Gasteiger partial charge in [0.15, 0.2) is 10.9 Å². The van der Waals surface area contributed by atoms with E-state index in [2.05, 4.69) is 9.97 Å². The minimum Gasteiger partial charge on any atom is -0.491 e. The molecule has 0 unspecified atom stereocenters. The van der Waals surface area contributed by atoms with Crippen LogP contribution in [0, 0.1) is 6.92 Å². The summed E-state index contributed by atoms with van der Waals surface area (Å²) in [7, 11) is 1.57. The van der Waals surface area contributed by atoms with Gasteiger partial charge in [-0.05, 0) is 18.4 Å². The third kappa shape index (κ3) is 1.82. The summed E-state index contributed by atoms with van der Waals surface area (Å²) in [6.45, 7) is 2.04. The minimum absolute atomic E-state index is 0.341. The molecule has 0 aliphatic heterocycles. The van der Waals surface area contributed by atoms with Crippen LogP contribution in [-0.4, -0.2) is 17.1 Å². The van der Waals surface area contributed by atoms with E-state index in [0.717, 1.165) is 11.3 Å². The number of hydrogen-bond acceptors (Lipinski definition) is 4. The third-order valence-electron chi connectivity index (χ3n) is 2.08. The maximum absolute atomic E-state index is 5.93. The van der Waals surface area contributed by atoms with Crippen molar-refractivity contribution in [1.82, 2.24) is 9.97 Å². The van der Waals surface area contributed by atoms with Crippen molar-refractivity contribution >= 4 is 22.9 Å². The molecule has 2 aromatic heterocycles. The Kier molecular flexibility index (Phi) is 2.88. The lowest BCUT2D eigenvalue weighted by Gasteiger charge is -2.07. The molecule has 0 fully saturated rings. The molecule has 78 valence electrons. The van der Waals surface area contributed by atoms with Crippen LogP contribution in [0.3, 0.4) is 0 Å². The van der Waals surface area contributed by atoms with Gasteiger partial charge >= 0.3 is 0 Å². The molecule has 0 saturated carbocycles. The normalized spacial score (nSPS) is 10.3. The van der Waals surface area contributed by atoms with E-state index in [1.165, 1.54) is 11.2 Å². The van der Waals surface area contributed by atoms with Crippen LogP contribution in [0.2, 0.25) is 5.15 Å². The van der Waals surface area contributed by atoms with Crippen molar-refractivity contribution in [2.24, 2.45) is 0 Å². The second-order valence-electron chi connectivity index (χ2n) is 2.94. The molecule has 0 amide bonds. The second-order valence-corrected chi connectivity index (χ2v) is 4.42. The minimum atomic E-state index is 0.341. The largest absolute Gasteiger partial charge is 0.491 e.